The van der Waals surface area contributed by atoms with Gasteiger partial charge in [0.15, 0.2) is 0 Å². The Morgan fingerprint density at radius 3 is 2.40 bits per heavy atom. The normalized spacial score (nSPS) is 13.6. The molecule has 1 heteroatoms. The molecule has 60 valence electrons. The summed E-state index contributed by atoms with van der Waals surface area (Å²) in [5.41, 5.74) is 0. The van der Waals surface area contributed by atoms with Crippen molar-refractivity contribution in [3.8, 4) is 0 Å². The molecule has 10 heavy (non-hydrogen) atoms. The second-order valence-corrected chi connectivity index (χ2v) is 2.95. The minimum Gasteiger partial charge on any atom is -0.308 e. The molecular formula is C9H19N. The van der Waals surface area contributed by atoms with Crippen LogP contribution in [0.5, 0.6) is 0 Å². The maximum atomic E-state index is 3.77. The third-order valence-electron chi connectivity index (χ3n) is 1.43. The van der Waals surface area contributed by atoms with Gasteiger partial charge in [-0.25, -0.2) is 0 Å². The summed E-state index contributed by atoms with van der Waals surface area (Å²) in [7, 11) is 0. The van der Waals surface area contributed by atoms with Crippen LogP contribution >= 0.6 is 0 Å². The first-order chi connectivity index (χ1) is 4.70. The average molecular weight is 141 g/mol. The Bertz CT molecular complexity index is 86.7. The highest BCUT2D eigenvalue weighted by Gasteiger charge is 2.02. The number of nitrogens with one attached hydrogen (secondary N) is 1. The van der Waals surface area contributed by atoms with E-state index in [2.05, 4.69) is 32.7 Å². The average Bonchev–Trinajstić information content (AvgIpc) is 1.86. The Kier molecular flexibility index (Phi) is 5.32. The molecule has 1 N–H and O–H groups in total. The molecule has 0 rings (SSSR count). The highest BCUT2D eigenvalue weighted by molar-refractivity contribution is 4.85. The van der Waals surface area contributed by atoms with Crippen LogP contribution in [0.4, 0.5) is 0 Å². The molecule has 1 atom stereocenters. The summed E-state index contributed by atoms with van der Waals surface area (Å²) in [6.07, 6.45) is 4.40. The van der Waals surface area contributed by atoms with Crippen LogP contribution in [-0.2, 0) is 0 Å². The van der Waals surface area contributed by atoms with Crippen LogP contribution in [0.3, 0.4) is 0 Å². The second kappa shape index (κ2) is 5.48. The van der Waals surface area contributed by atoms with Crippen molar-refractivity contribution in [3.05, 3.63) is 12.7 Å². The molecule has 0 radical (unpaired) electrons. The summed E-state index contributed by atoms with van der Waals surface area (Å²) in [5, 5.41) is 3.41. The first-order valence-corrected chi connectivity index (χ1v) is 4.09. The van der Waals surface area contributed by atoms with Gasteiger partial charge in [-0.15, -0.1) is 6.58 Å². The van der Waals surface area contributed by atoms with Crippen LogP contribution in [-0.4, -0.2) is 12.1 Å². The van der Waals surface area contributed by atoms with Crippen LogP contribution in [0.25, 0.3) is 0 Å². The fraction of sp³-hybridized carbons (Fsp3) is 0.778. The lowest BCUT2D eigenvalue weighted by Gasteiger charge is -2.16. The lowest BCUT2D eigenvalue weighted by atomic mass is 10.1. The smallest absolute Gasteiger partial charge is 0.0249 e. The maximum Gasteiger partial charge on any atom is 0.0249 e. The van der Waals surface area contributed by atoms with Crippen molar-refractivity contribution in [3.63, 3.8) is 0 Å². The van der Waals surface area contributed by atoms with E-state index in [9.17, 15) is 0 Å². The summed E-state index contributed by atoms with van der Waals surface area (Å²) in [6, 6.07) is 1.07. The summed E-state index contributed by atoms with van der Waals surface area (Å²) >= 11 is 0. The molecule has 0 saturated carbocycles. The Balaban J connectivity index is 3.49. The molecule has 0 fully saturated rings. The van der Waals surface area contributed by atoms with E-state index in [1.807, 2.05) is 6.08 Å². The van der Waals surface area contributed by atoms with Crippen molar-refractivity contribution in [1.29, 1.82) is 0 Å². The van der Waals surface area contributed by atoms with Gasteiger partial charge in [0.1, 0.15) is 0 Å². The van der Waals surface area contributed by atoms with E-state index in [0.717, 1.165) is 0 Å². The Hall–Kier alpha value is -0.300. The monoisotopic (exact) mass is 141 g/mol. The van der Waals surface area contributed by atoms with Gasteiger partial charge in [-0.3, -0.25) is 0 Å². The predicted octanol–water partition coefficient (Wildman–Crippen LogP) is 2.34. The van der Waals surface area contributed by atoms with Gasteiger partial charge in [0.25, 0.3) is 0 Å². The van der Waals surface area contributed by atoms with Crippen LogP contribution in [0.15, 0.2) is 12.7 Å². The molecule has 0 aromatic rings. The first kappa shape index (κ1) is 9.70. The minimum absolute atomic E-state index is 0.505. The van der Waals surface area contributed by atoms with Crippen LogP contribution < -0.4 is 5.32 Å². The van der Waals surface area contributed by atoms with Crippen molar-refractivity contribution in [2.24, 2.45) is 0 Å². The Morgan fingerprint density at radius 1 is 1.50 bits per heavy atom. The van der Waals surface area contributed by atoms with E-state index >= 15 is 0 Å². The largest absolute Gasteiger partial charge is 0.308 e. The standard InChI is InChI=1S/C9H19N/c1-5-7-9(6-2)10-8(3)4/h6,8-10H,2,5,7H2,1,3-4H3. The topological polar surface area (TPSA) is 12.0 Å². The lowest BCUT2D eigenvalue weighted by Crippen LogP contribution is -2.32. The van der Waals surface area contributed by atoms with E-state index in [1.54, 1.807) is 0 Å². The van der Waals surface area contributed by atoms with Crippen LogP contribution in [0.2, 0.25) is 0 Å². The van der Waals surface area contributed by atoms with Crippen molar-refractivity contribution in [1.82, 2.24) is 5.32 Å². The van der Waals surface area contributed by atoms with Gasteiger partial charge in [-0.05, 0) is 6.42 Å². The zero-order valence-electron chi connectivity index (χ0n) is 7.35. The zero-order valence-corrected chi connectivity index (χ0v) is 7.35. The molecule has 0 bridgehead atoms. The molecule has 0 aromatic carbocycles. The van der Waals surface area contributed by atoms with Crippen LogP contribution in [0, 0.1) is 0 Å². The third-order valence-corrected chi connectivity index (χ3v) is 1.43. The van der Waals surface area contributed by atoms with Gasteiger partial charge in [-0.2, -0.15) is 0 Å². The van der Waals surface area contributed by atoms with Crippen molar-refractivity contribution in [2.45, 2.75) is 45.7 Å². The summed E-state index contributed by atoms with van der Waals surface area (Å²) in [6.45, 7) is 10.3. The van der Waals surface area contributed by atoms with Gasteiger partial charge in [0.05, 0.1) is 0 Å². The maximum absolute atomic E-state index is 3.77. The molecule has 0 aliphatic rings. The van der Waals surface area contributed by atoms with Gasteiger partial charge in [0, 0.05) is 12.1 Å². The van der Waals surface area contributed by atoms with Gasteiger partial charge < -0.3 is 5.32 Å². The molecule has 1 unspecified atom stereocenters. The first-order valence-electron chi connectivity index (χ1n) is 4.09. The quantitative estimate of drug-likeness (QED) is 0.579. The second-order valence-electron chi connectivity index (χ2n) is 2.95. The Morgan fingerprint density at radius 2 is 2.10 bits per heavy atom. The molecule has 0 aromatic heterocycles. The molecule has 0 amide bonds. The molecule has 0 heterocycles. The summed E-state index contributed by atoms with van der Waals surface area (Å²) in [5.74, 6) is 0. The molecule has 0 aliphatic carbocycles. The van der Waals surface area contributed by atoms with Gasteiger partial charge in [0.2, 0.25) is 0 Å². The van der Waals surface area contributed by atoms with Gasteiger partial charge >= 0.3 is 0 Å². The molecule has 0 spiro atoms. The van der Waals surface area contributed by atoms with Crippen molar-refractivity contribution in [2.75, 3.05) is 0 Å². The van der Waals surface area contributed by atoms with E-state index in [0.29, 0.717) is 12.1 Å². The van der Waals surface area contributed by atoms with E-state index in [1.165, 1.54) is 12.8 Å². The lowest BCUT2D eigenvalue weighted by molar-refractivity contribution is 0.495. The molecule has 0 saturated heterocycles. The highest BCUT2D eigenvalue weighted by Crippen LogP contribution is 1.98. The van der Waals surface area contributed by atoms with Crippen molar-refractivity contribution >= 4 is 0 Å². The summed E-state index contributed by atoms with van der Waals surface area (Å²) in [4.78, 5) is 0. The fourth-order valence-corrected chi connectivity index (χ4v) is 1.01. The third kappa shape index (κ3) is 4.57. The molecule has 1 nitrogen and oxygen atoms in total. The number of hydrogen-bond acceptors (Lipinski definition) is 1. The summed E-state index contributed by atoms with van der Waals surface area (Å²) < 4.78 is 0. The van der Waals surface area contributed by atoms with E-state index in [4.69, 9.17) is 0 Å². The van der Waals surface area contributed by atoms with Crippen molar-refractivity contribution < 1.29 is 0 Å². The van der Waals surface area contributed by atoms with Gasteiger partial charge in [-0.1, -0.05) is 33.3 Å². The van der Waals surface area contributed by atoms with E-state index in [-0.39, 0.29) is 0 Å². The minimum atomic E-state index is 0.505. The number of hydrogen-bond donors (Lipinski definition) is 1. The highest BCUT2D eigenvalue weighted by atomic mass is 14.9. The predicted molar refractivity (Wildman–Crippen MR) is 47.2 cm³/mol. The zero-order chi connectivity index (χ0) is 7.98. The fourth-order valence-electron chi connectivity index (χ4n) is 1.01. The van der Waals surface area contributed by atoms with Crippen LogP contribution in [0.1, 0.15) is 33.6 Å². The van der Waals surface area contributed by atoms with E-state index < -0.39 is 0 Å². The Labute approximate surface area is 64.5 Å². The molecule has 0 aliphatic heterocycles. The molecular weight excluding hydrogens is 122 g/mol. The number of rotatable bonds is 5. The SMILES string of the molecule is C=CC(CCC)NC(C)C.